The lowest BCUT2D eigenvalue weighted by Crippen LogP contribution is -2.44. The van der Waals surface area contributed by atoms with Gasteiger partial charge in [0, 0.05) is 20.6 Å². The summed E-state index contributed by atoms with van der Waals surface area (Å²) in [5, 5.41) is 0. The summed E-state index contributed by atoms with van der Waals surface area (Å²) in [5.41, 5.74) is 0.596. The average Bonchev–Trinajstić information content (AvgIpc) is 2.30. The summed E-state index contributed by atoms with van der Waals surface area (Å²) < 4.78 is 1.92. The number of benzene rings is 1. The fraction of sp³-hybridized carbons (Fsp3) is 0.462. The van der Waals surface area contributed by atoms with Crippen LogP contribution < -0.4 is 0 Å². The van der Waals surface area contributed by atoms with Gasteiger partial charge in [0.2, 0.25) is 0 Å². The number of amides is 1. The zero-order valence-corrected chi connectivity index (χ0v) is 14.3. The van der Waals surface area contributed by atoms with Gasteiger partial charge in [-0.1, -0.05) is 6.92 Å². The molecule has 0 unspecified atom stereocenters. The average molecular weight is 410 g/mol. The maximum absolute atomic E-state index is 12.4. The van der Waals surface area contributed by atoms with E-state index in [4.69, 9.17) is 0 Å². The van der Waals surface area contributed by atoms with Crippen LogP contribution in [0.1, 0.15) is 37.6 Å². The SMILES string of the molecule is CCC(C)(C)N(C)C(=O)c1cc(I)ccc1Br. The number of nitrogens with zero attached hydrogens (tertiary/aromatic N) is 1. The Kier molecular flexibility index (Phi) is 5.01. The normalized spacial score (nSPS) is 11.4. The predicted molar refractivity (Wildman–Crippen MR) is 83.3 cm³/mol. The third kappa shape index (κ3) is 3.44. The molecule has 2 nitrogen and oxygen atoms in total. The van der Waals surface area contributed by atoms with Crippen LogP contribution in [0.2, 0.25) is 0 Å². The molecule has 0 spiro atoms. The molecule has 94 valence electrons. The maximum Gasteiger partial charge on any atom is 0.255 e. The number of halogens is 2. The highest BCUT2D eigenvalue weighted by molar-refractivity contribution is 14.1. The summed E-state index contributed by atoms with van der Waals surface area (Å²) in [7, 11) is 1.86. The van der Waals surface area contributed by atoms with Crippen LogP contribution >= 0.6 is 38.5 Å². The molecular formula is C13H17BrINO. The molecule has 0 aliphatic carbocycles. The van der Waals surface area contributed by atoms with Gasteiger partial charge in [0.1, 0.15) is 0 Å². The van der Waals surface area contributed by atoms with E-state index in [1.54, 1.807) is 0 Å². The lowest BCUT2D eigenvalue weighted by Gasteiger charge is -2.35. The molecule has 0 aromatic heterocycles. The van der Waals surface area contributed by atoms with Crippen molar-refractivity contribution in [3.63, 3.8) is 0 Å². The van der Waals surface area contributed by atoms with Gasteiger partial charge in [-0.3, -0.25) is 4.79 Å². The third-order valence-electron chi connectivity index (χ3n) is 3.24. The minimum absolute atomic E-state index is 0.0576. The summed E-state index contributed by atoms with van der Waals surface area (Å²) >= 11 is 5.65. The van der Waals surface area contributed by atoms with Crippen molar-refractivity contribution in [2.24, 2.45) is 0 Å². The van der Waals surface area contributed by atoms with Gasteiger partial charge in [-0.25, -0.2) is 0 Å². The molecule has 0 saturated heterocycles. The van der Waals surface area contributed by atoms with E-state index in [0.717, 1.165) is 20.0 Å². The minimum atomic E-state index is -0.127. The van der Waals surface area contributed by atoms with Crippen molar-refractivity contribution >= 4 is 44.4 Å². The molecule has 0 heterocycles. The van der Waals surface area contributed by atoms with E-state index in [-0.39, 0.29) is 11.4 Å². The van der Waals surface area contributed by atoms with Crippen LogP contribution in [0.5, 0.6) is 0 Å². The van der Waals surface area contributed by atoms with Crippen molar-refractivity contribution in [3.05, 3.63) is 31.8 Å². The van der Waals surface area contributed by atoms with Gasteiger partial charge in [-0.15, -0.1) is 0 Å². The third-order valence-corrected chi connectivity index (χ3v) is 4.60. The predicted octanol–water partition coefficient (Wildman–Crippen LogP) is 4.31. The Bertz CT molecular complexity index is 431. The van der Waals surface area contributed by atoms with E-state index in [1.165, 1.54) is 0 Å². The van der Waals surface area contributed by atoms with Gasteiger partial charge in [-0.05, 0) is 77.0 Å². The van der Waals surface area contributed by atoms with Gasteiger partial charge in [0.25, 0.3) is 5.91 Å². The second kappa shape index (κ2) is 5.69. The van der Waals surface area contributed by atoms with Crippen LogP contribution in [0.3, 0.4) is 0 Å². The first-order chi connectivity index (χ1) is 7.79. The van der Waals surface area contributed by atoms with Crippen molar-refractivity contribution in [2.45, 2.75) is 32.7 Å². The van der Waals surface area contributed by atoms with E-state index in [9.17, 15) is 4.79 Å². The molecule has 0 atom stereocenters. The quantitative estimate of drug-likeness (QED) is 0.681. The van der Waals surface area contributed by atoms with Crippen molar-refractivity contribution < 1.29 is 4.79 Å². The molecule has 0 fully saturated rings. The van der Waals surface area contributed by atoms with Crippen molar-refractivity contribution in [3.8, 4) is 0 Å². The molecular weight excluding hydrogens is 393 g/mol. The van der Waals surface area contributed by atoms with E-state index in [1.807, 2.05) is 30.1 Å². The highest BCUT2D eigenvalue weighted by Crippen LogP contribution is 2.25. The van der Waals surface area contributed by atoms with Crippen molar-refractivity contribution in [1.82, 2.24) is 4.90 Å². The number of carbonyl (C=O) groups excluding carboxylic acids is 1. The first-order valence-electron chi connectivity index (χ1n) is 5.53. The van der Waals surface area contributed by atoms with Crippen LogP contribution in [0, 0.1) is 3.57 Å². The molecule has 0 radical (unpaired) electrons. The second-order valence-electron chi connectivity index (χ2n) is 4.65. The van der Waals surface area contributed by atoms with Crippen LogP contribution in [0.15, 0.2) is 22.7 Å². The number of carbonyl (C=O) groups is 1. The molecule has 0 saturated carbocycles. The van der Waals surface area contributed by atoms with Gasteiger partial charge in [-0.2, -0.15) is 0 Å². The van der Waals surface area contributed by atoms with Gasteiger partial charge in [0.05, 0.1) is 5.56 Å². The standard InChI is InChI=1S/C13H17BrINO/c1-5-13(2,3)16(4)12(17)10-8-9(15)6-7-11(10)14/h6-8H,5H2,1-4H3. The largest absolute Gasteiger partial charge is 0.337 e. The van der Waals surface area contributed by atoms with E-state index >= 15 is 0 Å². The molecule has 1 aromatic rings. The first kappa shape index (κ1) is 15.0. The van der Waals surface area contributed by atoms with Crippen LogP contribution in [0.4, 0.5) is 0 Å². The van der Waals surface area contributed by atoms with Crippen molar-refractivity contribution in [2.75, 3.05) is 7.05 Å². The summed E-state index contributed by atoms with van der Waals surface area (Å²) in [5.74, 6) is 0.0576. The Morgan fingerprint density at radius 3 is 2.59 bits per heavy atom. The summed E-state index contributed by atoms with van der Waals surface area (Å²) in [6.07, 6.45) is 0.927. The molecule has 0 bridgehead atoms. The Morgan fingerprint density at radius 2 is 2.06 bits per heavy atom. The molecule has 1 amide bonds. The summed E-state index contributed by atoms with van der Waals surface area (Å²) in [4.78, 5) is 14.2. The van der Waals surface area contributed by atoms with Crippen LogP contribution in [-0.2, 0) is 0 Å². The lowest BCUT2D eigenvalue weighted by molar-refractivity contribution is 0.0619. The molecule has 0 aliphatic rings. The van der Waals surface area contributed by atoms with Gasteiger partial charge in [0.15, 0.2) is 0 Å². The fourth-order valence-electron chi connectivity index (χ4n) is 1.35. The Hall–Kier alpha value is -0.100. The topological polar surface area (TPSA) is 20.3 Å². The zero-order valence-electron chi connectivity index (χ0n) is 10.6. The summed E-state index contributed by atoms with van der Waals surface area (Å²) in [6.45, 7) is 6.24. The van der Waals surface area contributed by atoms with E-state index < -0.39 is 0 Å². The fourth-order valence-corrected chi connectivity index (χ4v) is 2.26. The first-order valence-corrected chi connectivity index (χ1v) is 7.40. The van der Waals surface area contributed by atoms with Crippen molar-refractivity contribution in [1.29, 1.82) is 0 Å². The molecule has 1 aromatic carbocycles. The highest BCUT2D eigenvalue weighted by atomic mass is 127. The van der Waals surface area contributed by atoms with Gasteiger partial charge < -0.3 is 4.90 Å². The van der Waals surface area contributed by atoms with E-state index in [0.29, 0.717) is 0 Å². The molecule has 4 heteroatoms. The van der Waals surface area contributed by atoms with Crippen LogP contribution in [-0.4, -0.2) is 23.4 Å². The second-order valence-corrected chi connectivity index (χ2v) is 6.75. The number of hydrogen-bond donors (Lipinski definition) is 0. The molecule has 1 rings (SSSR count). The van der Waals surface area contributed by atoms with E-state index in [2.05, 4.69) is 59.3 Å². The molecule has 17 heavy (non-hydrogen) atoms. The summed E-state index contributed by atoms with van der Waals surface area (Å²) in [6, 6.07) is 5.81. The molecule has 0 N–H and O–H groups in total. The number of hydrogen-bond acceptors (Lipinski definition) is 1. The van der Waals surface area contributed by atoms with Gasteiger partial charge >= 0.3 is 0 Å². The molecule has 0 aliphatic heterocycles. The Morgan fingerprint density at radius 1 is 1.47 bits per heavy atom. The monoisotopic (exact) mass is 409 g/mol. The Labute approximate surface area is 125 Å². The smallest absolute Gasteiger partial charge is 0.255 e. The minimum Gasteiger partial charge on any atom is -0.337 e. The number of rotatable bonds is 3. The Balaban J connectivity index is 3.08. The zero-order chi connectivity index (χ0) is 13.2. The lowest BCUT2D eigenvalue weighted by atomic mass is 9.99. The van der Waals surface area contributed by atoms with Crippen LogP contribution in [0.25, 0.3) is 0 Å². The highest BCUT2D eigenvalue weighted by Gasteiger charge is 2.27. The maximum atomic E-state index is 12.4.